The number of cyclic esters (lactones) is 1. The summed E-state index contributed by atoms with van der Waals surface area (Å²) < 4.78 is 12.9. The summed E-state index contributed by atoms with van der Waals surface area (Å²) >= 11 is 0. The van der Waals surface area contributed by atoms with Crippen molar-refractivity contribution in [2.24, 2.45) is 40.4 Å². The van der Waals surface area contributed by atoms with Crippen LogP contribution in [0, 0.1) is 40.4 Å². The van der Waals surface area contributed by atoms with E-state index in [0.717, 1.165) is 104 Å². The Morgan fingerprint density at radius 2 is 1.83 bits per heavy atom. The van der Waals surface area contributed by atoms with Gasteiger partial charge in [-0.25, -0.2) is 9.59 Å². The smallest absolute Gasteiger partial charge is 0.340 e. The van der Waals surface area contributed by atoms with Gasteiger partial charge in [-0.05, 0) is 118 Å². The number of esters is 2. The van der Waals surface area contributed by atoms with E-state index in [0.29, 0.717) is 18.4 Å². The molecule has 0 aromatic rings. The molecular weight excluding hydrogens is 715 g/mol. The number of rotatable bonds is 6. The molecule has 4 aliphatic heterocycles. The third-order valence-electron chi connectivity index (χ3n) is 14.9. The van der Waals surface area contributed by atoms with Crippen molar-refractivity contribution in [3.8, 4) is 0 Å². The van der Waals surface area contributed by atoms with E-state index in [2.05, 4.69) is 47.2 Å². The van der Waals surface area contributed by atoms with Crippen LogP contribution >= 0.6 is 21.6 Å². The molecule has 10 heteroatoms. The number of fused-ring (bicyclic) bond motifs is 2. The van der Waals surface area contributed by atoms with Crippen molar-refractivity contribution in [1.29, 1.82) is 0 Å². The van der Waals surface area contributed by atoms with Crippen LogP contribution in [0.25, 0.3) is 0 Å². The largest absolute Gasteiger partial charge is 0.427 e. The van der Waals surface area contributed by atoms with Gasteiger partial charge in [-0.1, -0.05) is 85.1 Å². The number of carbonyl (C=O) groups is 2. The maximum Gasteiger partial charge on any atom is 0.340 e. The zero-order valence-corrected chi connectivity index (χ0v) is 33.8. The molecule has 54 heavy (non-hydrogen) atoms. The van der Waals surface area contributed by atoms with Crippen molar-refractivity contribution in [3.63, 3.8) is 0 Å². The Hall–Kier alpha value is -2.40. The SMILES string of the molecule is CCC1(/C=C2\OC(=O)C3=C2CC[C@H]2[C@@H]4CC[C@@]5(C6=C4CC4=CCNC(=C4)NCSS[C@@H](NC[C@H](C)O)[C@@H](C4CCCCC4)C/C=C\5OC6=O)[C@@H]32)CCCC1. The maximum atomic E-state index is 14.6. The molecule has 4 fully saturated rings. The van der Waals surface area contributed by atoms with E-state index in [1.807, 2.05) is 28.5 Å². The van der Waals surface area contributed by atoms with Gasteiger partial charge in [0.05, 0.1) is 34.2 Å². The Bertz CT molecular complexity index is 1730. The highest BCUT2D eigenvalue weighted by molar-refractivity contribution is 8.76. The van der Waals surface area contributed by atoms with Crippen molar-refractivity contribution < 1.29 is 24.2 Å². The maximum absolute atomic E-state index is 14.6. The molecule has 0 radical (unpaired) electrons. The molecule has 0 aromatic heterocycles. The lowest BCUT2D eigenvalue weighted by Crippen LogP contribution is -2.52. The van der Waals surface area contributed by atoms with Crippen LogP contribution < -0.4 is 16.0 Å². The average molecular weight is 774 g/mol. The van der Waals surface area contributed by atoms with E-state index in [-0.39, 0.29) is 40.5 Å². The van der Waals surface area contributed by atoms with Gasteiger partial charge in [0.1, 0.15) is 11.5 Å². The van der Waals surface area contributed by atoms with E-state index in [4.69, 9.17) is 9.47 Å². The summed E-state index contributed by atoms with van der Waals surface area (Å²) in [5.74, 6) is 4.22. The van der Waals surface area contributed by atoms with Gasteiger partial charge < -0.3 is 30.5 Å². The van der Waals surface area contributed by atoms with E-state index >= 15 is 0 Å². The minimum Gasteiger partial charge on any atom is -0.427 e. The molecule has 0 aromatic carbocycles. The minimum atomic E-state index is -0.659. The molecule has 10 rings (SSSR count). The van der Waals surface area contributed by atoms with E-state index in [1.165, 1.54) is 56.1 Å². The van der Waals surface area contributed by atoms with Gasteiger partial charge in [-0.15, -0.1) is 0 Å². The molecule has 292 valence electrons. The van der Waals surface area contributed by atoms with Gasteiger partial charge in [0, 0.05) is 30.2 Å². The van der Waals surface area contributed by atoms with Crippen LogP contribution in [0.5, 0.6) is 0 Å². The predicted molar refractivity (Wildman–Crippen MR) is 215 cm³/mol. The lowest BCUT2D eigenvalue weighted by molar-refractivity contribution is -0.135. The highest BCUT2D eigenvalue weighted by atomic mass is 33.1. The standard InChI is InChI=1S/C44H59N3O5S2/c1-3-43(17-7-8-18-43)23-34-32-12-11-31-30-15-19-44(38(31)37(32)41(49)51-34)35-14-13-29(28-9-5-4-6-10-28)40(46-24-26(2)48)54-53-25-47-36-22-27(16-20-45-36)21-33(30)39(44)42(50)52-35/h14,16,22-23,26,28-31,38,40,45-48H,3-13,15,17-21,24-25H2,1-2H3/b34-23-,35-14+/t26-,29+,30-,31-,38+,40+,44-/m0/s1. The summed E-state index contributed by atoms with van der Waals surface area (Å²) in [6.07, 6.45) is 25.8. The summed E-state index contributed by atoms with van der Waals surface area (Å²) in [7, 11) is 3.69. The molecular formula is C44H59N3O5S2. The third-order valence-corrected chi connectivity index (χ3v) is 17.4. The zero-order chi connectivity index (χ0) is 37.0. The zero-order valence-electron chi connectivity index (χ0n) is 32.2. The normalized spacial score (nSPS) is 37.4. The molecule has 1 saturated heterocycles. The molecule has 8 nitrogen and oxygen atoms in total. The first-order chi connectivity index (χ1) is 26.3. The van der Waals surface area contributed by atoms with Gasteiger partial charge in [0.2, 0.25) is 0 Å². The molecule has 6 aliphatic carbocycles. The molecule has 7 atom stereocenters. The van der Waals surface area contributed by atoms with Crippen LogP contribution in [0.15, 0.2) is 69.5 Å². The molecule has 0 amide bonds. The number of hydrogen-bond acceptors (Lipinski definition) is 10. The van der Waals surface area contributed by atoms with Crippen molar-refractivity contribution in [1.82, 2.24) is 16.0 Å². The Labute approximate surface area is 329 Å². The second kappa shape index (κ2) is 15.2. The number of nitrogens with one attached hydrogen (secondary N) is 3. The van der Waals surface area contributed by atoms with Crippen LogP contribution in [0.1, 0.15) is 117 Å². The van der Waals surface area contributed by atoms with Gasteiger partial charge >= 0.3 is 11.9 Å². The second-order valence-electron chi connectivity index (χ2n) is 17.8. The molecule has 4 N–H and O–H groups in total. The van der Waals surface area contributed by atoms with Crippen LogP contribution in [-0.4, -0.2) is 47.5 Å². The summed E-state index contributed by atoms with van der Waals surface area (Å²) in [6, 6.07) is 0. The average Bonchev–Trinajstić information content (AvgIpc) is 3.86. The number of aliphatic hydroxyl groups is 1. The Morgan fingerprint density at radius 3 is 2.63 bits per heavy atom. The van der Waals surface area contributed by atoms with E-state index < -0.39 is 11.5 Å². The van der Waals surface area contributed by atoms with Crippen LogP contribution in [-0.2, 0) is 19.1 Å². The van der Waals surface area contributed by atoms with Gasteiger partial charge in [0.15, 0.2) is 0 Å². The van der Waals surface area contributed by atoms with Gasteiger partial charge in [-0.3, -0.25) is 0 Å². The van der Waals surface area contributed by atoms with Gasteiger partial charge in [0.25, 0.3) is 0 Å². The number of hydrogen-bond donors (Lipinski definition) is 4. The quantitative estimate of drug-likeness (QED) is 0.155. The van der Waals surface area contributed by atoms with E-state index in [1.54, 1.807) is 0 Å². The highest BCUT2D eigenvalue weighted by Crippen LogP contribution is 2.71. The Kier molecular flexibility index (Phi) is 10.4. The fourth-order valence-corrected chi connectivity index (χ4v) is 14.9. The number of dihydropyridines is 1. The minimum absolute atomic E-state index is 0.101. The summed E-state index contributed by atoms with van der Waals surface area (Å²) in [5.41, 5.74) is 4.73. The summed E-state index contributed by atoms with van der Waals surface area (Å²) in [5, 5.41) is 21.5. The van der Waals surface area contributed by atoms with Crippen molar-refractivity contribution in [2.75, 3.05) is 19.0 Å². The predicted octanol–water partition coefficient (Wildman–Crippen LogP) is 8.45. The molecule has 7 bridgehead atoms. The summed E-state index contributed by atoms with van der Waals surface area (Å²) in [6.45, 7) is 5.39. The first kappa shape index (κ1) is 37.2. The molecule has 0 unspecified atom stereocenters. The number of carbonyl (C=O) groups excluding carboxylic acids is 2. The number of aliphatic hydroxyl groups excluding tert-OH is 1. The van der Waals surface area contributed by atoms with Crippen molar-refractivity contribution in [2.45, 2.75) is 128 Å². The van der Waals surface area contributed by atoms with E-state index in [9.17, 15) is 14.7 Å². The van der Waals surface area contributed by atoms with Crippen molar-refractivity contribution in [3.05, 3.63) is 69.5 Å². The lowest BCUT2D eigenvalue weighted by Gasteiger charge is -2.56. The number of ether oxygens (including phenoxy) is 2. The third kappa shape index (κ3) is 6.47. The molecule has 3 saturated carbocycles. The second-order valence-corrected chi connectivity index (χ2v) is 20.3. The monoisotopic (exact) mass is 773 g/mol. The fraction of sp³-hybridized carbons (Fsp3) is 0.682. The molecule has 10 aliphatic rings. The lowest BCUT2D eigenvalue weighted by atomic mass is 9.44. The molecule has 1 spiro atoms. The van der Waals surface area contributed by atoms with Crippen LogP contribution in [0.4, 0.5) is 0 Å². The fourth-order valence-electron chi connectivity index (χ4n) is 12.4. The Balaban J connectivity index is 1.19. The summed E-state index contributed by atoms with van der Waals surface area (Å²) in [4.78, 5) is 28.9. The first-order valence-corrected chi connectivity index (χ1v) is 23.6. The van der Waals surface area contributed by atoms with Crippen molar-refractivity contribution >= 4 is 33.5 Å². The van der Waals surface area contributed by atoms with Crippen LogP contribution in [0.2, 0.25) is 0 Å². The highest BCUT2D eigenvalue weighted by Gasteiger charge is 2.68. The van der Waals surface area contributed by atoms with Crippen LogP contribution in [0.3, 0.4) is 0 Å². The first-order valence-electron chi connectivity index (χ1n) is 21.2. The number of allylic oxidation sites excluding steroid dienone is 7. The topological polar surface area (TPSA) is 109 Å². The van der Waals surface area contributed by atoms with Gasteiger partial charge in [-0.2, -0.15) is 0 Å². The molecule has 4 heterocycles. The Morgan fingerprint density at radius 1 is 1.00 bits per heavy atom.